The van der Waals surface area contributed by atoms with Crippen LogP contribution in [-0.2, 0) is 27.1 Å². The fourth-order valence-corrected chi connectivity index (χ4v) is 4.19. The molecule has 3 aromatic rings. The van der Waals surface area contributed by atoms with E-state index in [1.165, 1.54) is 38.7 Å². The number of benzene rings is 2. The van der Waals surface area contributed by atoms with E-state index < -0.39 is 17.4 Å². The Hall–Kier alpha value is -3.65. The molecule has 1 aliphatic heterocycles. The quantitative estimate of drug-likeness (QED) is 0.311. The van der Waals surface area contributed by atoms with Crippen molar-refractivity contribution >= 4 is 16.9 Å². The Morgan fingerprint density at radius 1 is 1.24 bits per heavy atom. The molecule has 2 aromatic carbocycles. The Balaban J connectivity index is 1.46. The summed E-state index contributed by atoms with van der Waals surface area (Å²) in [5, 5.41) is 2.54. The molecule has 1 N–H and O–H groups in total. The van der Waals surface area contributed by atoms with Gasteiger partial charge in [0, 0.05) is 23.3 Å². The van der Waals surface area contributed by atoms with Gasteiger partial charge in [-0.3, -0.25) is 9.78 Å². The van der Waals surface area contributed by atoms with Crippen molar-refractivity contribution < 1.29 is 23.0 Å². The molecule has 4 rings (SSSR count). The Kier molecular flexibility index (Phi) is 7.68. The molecule has 0 radical (unpaired) electrons. The second kappa shape index (κ2) is 10.8. The third-order valence-corrected chi connectivity index (χ3v) is 6.33. The summed E-state index contributed by atoms with van der Waals surface area (Å²) in [6.45, 7) is 10.0. The third-order valence-electron chi connectivity index (χ3n) is 6.33. The van der Waals surface area contributed by atoms with Gasteiger partial charge in [0.15, 0.2) is 5.67 Å². The van der Waals surface area contributed by atoms with Crippen LogP contribution in [0.2, 0.25) is 0 Å². The number of carbonyl (C=O) groups excluding carboxylic acids is 1. The number of allylic oxidation sites excluding steroid dienone is 2. The zero-order chi connectivity index (χ0) is 26.7. The van der Waals surface area contributed by atoms with Gasteiger partial charge in [-0.2, -0.15) is 0 Å². The van der Waals surface area contributed by atoms with E-state index in [0.717, 1.165) is 36.2 Å². The monoisotopic (exact) mass is 507 g/mol. The second-order valence-corrected chi connectivity index (χ2v) is 9.87. The molecule has 194 valence electrons. The zero-order valence-corrected chi connectivity index (χ0v) is 21.5. The summed E-state index contributed by atoms with van der Waals surface area (Å²) in [6.07, 6.45) is 3.68. The molecule has 1 saturated heterocycles. The first-order valence-electron chi connectivity index (χ1n) is 12.1. The second-order valence-electron chi connectivity index (χ2n) is 9.87. The number of nitrogens with zero attached hydrogens (tertiary/aromatic N) is 2. The molecule has 6 nitrogen and oxygen atoms in total. The van der Waals surface area contributed by atoms with E-state index in [1.807, 2.05) is 6.07 Å². The highest BCUT2D eigenvalue weighted by Crippen LogP contribution is 2.26. The van der Waals surface area contributed by atoms with Gasteiger partial charge in [-0.1, -0.05) is 18.7 Å². The van der Waals surface area contributed by atoms with Crippen molar-refractivity contribution in [3.05, 3.63) is 83.1 Å². The number of hydrogen-bond donors (Lipinski definition) is 1. The largest absolute Gasteiger partial charge is 0.498 e. The first kappa shape index (κ1) is 26.4. The maximum absolute atomic E-state index is 14.9. The number of aryl methyl sites for hydroxylation is 1. The van der Waals surface area contributed by atoms with E-state index >= 15 is 0 Å². The van der Waals surface area contributed by atoms with Crippen molar-refractivity contribution in [1.82, 2.24) is 15.3 Å². The number of aromatic nitrogens is 2. The number of nitrogens with one attached hydrogen (secondary N) is 1. The van der Waals surface area contributed by atoms with Gasteiger partial charge in [0.1, 0.15) is 11.6 Å². The number of rotatable bonds is 9. The van der Waals surface area contributed by atoms with E-state index in [2.05, 4.69) is 29.9 Å². The molecule has 1 aliphatic rings. The van der Waals surface area contributed by atoms with Crippen molar-refractivity contribution in [1.29, 1.82) is 0 Å². The van der Waals surface area contributed by atoms with Gasteiger partial charge in [0.05, 0.1) is 49.7 Å². The smallest absolute Gasteiger partial charge is 0.228 e. The summed E-state index contributed by atoms with van der Waals surface area (Å²) in [7, 11) is 1.34. The van der Waals surface area contributed by atoms with Crippen molar-refractivity contribution in [3.63, 3.8) is 0 Å². The molecular formula is C29H31F2N3O3. The van der Waals surface area contributed by atoms with Crippen LogP contribution in [0.3, 0.4) is 0 Å². The predicted octanol–water partition coefficient (Wildman–Crippen LogP) is 5.38. The number of alkyl halides is 1. The van der Waals surface area contributed by atoms with Crippen LogP contribution < -0.4 is 5.32 Å². The van der Waals surface area contributed by atoms with E-state index in [-0.39, 0.29) is 23.4 Å². The molecule has 8 heteroatoms. The van der Waals surface area contributed by atoms with Crippen molar-refractivity contribution in [2.75, 3.05) is 20.3 Å². The van der Waals surface area contributed by atoms with Crippen LogP contribution in [0.25, 0.3) is 22.3 Å². The lowest BCUT2D eigenvalue weighted by molar-refractivity contribution is -0.119. The summed E-state index contributed by atoms with van der Waals surface area (Å²) in [5.74, 6) is -0.450. The van der Waals surface area contributed by atoms with Gasteiger partial charge in [0.2, 0.25) is 5.91 Å². The minimum absolute atomic E-state index is 0.0178. The normalized spacial score (nSPS) is 14.4. The maximum atomic E-state index is 14.9. The number of ether oxygens (including phenoxy) is 2. The molecule has 0 spiro atoms. The van der Waals surface area contributed by atoms with Crippen molar-refractivity contribution in [2.24, 2.45) is 5.92 Å². The number of fused-ring (bicyclic) bond motifs is 1. The first-order chi connectivity index (χ1) is 17.5. The van der Waals surface area contributed by atoms with Crippen LogP contribution in [0, 0.1) is 18.7 Å². The summed E-state index contributed by atoms with van der Waals surface area (Å²) >= 11 is 0. The summed E-state index contributed by atoms with van der Waals surface area (Å²) in [4.78, 5) is 21.7. The Morgan fingerprint density at radius 2 is 2.00 bits per heavy atom. The van der Waals surface area contributed by atoms with Gasteiger partial charge in [0.25, 0.3) is 0 Å². The Morgan fingerprint density at radius 3 is 2.62 bits per heavy atom. The number of amides is 1. The highest BCUT2D eigenvalue weighted by molar-refractivity contribution is 5.81. The Labute approximate surface area is 215 Å². The number of carbonyl (C=O) groups is 1. The van der Waals surface area contributed by atoms with Crippen LogP contribution >= 0.6 is 0 Å². The first-order valence-corrected chi connectivity index (χ1v) is 12.1. The summed E-state index contributed by atoms with van der Waals surface area (Å²) in [6, 6.07) is 8.68. The van der Waals surface area contributed by atoms with Gasteiger partial charge in [-0.25, -0.2) is 13.8 Å². The zero-order valence-electron chi connectivity index (χ0n) is 21.5. The maximum Gasteiger partial charge on any atom is 0.228 e. The molecule has 37 heavy (non-hydrogen) atoms. The van der Waals surface area contributed by atoms with E-state index in [4.69, 9.17) is 14.5 Å². The number of hydrogen-bond acceptors (Lipinski definition) is 5. The van der Waals surface area contributed by atoms with Gasteiger partial charge >= 0.3 is 0 Å². The third kappa shape index (κ3) is 6.38. The molecule has 0 saturated carbocycles. The molecule has 2 heterocycles. The molecule has 0 aliphatic carbocycles. The van der Waals surface area contributed by atoms with Crippen molar-refractivity contribution in [2.45, 2.75) is 39.3 Å². The standard InChI is InChI=1S/C29H31F2N3O3/c1-17-8-25-24(12-22(17)10-19-15-37-16-19)32-14-26(34-25)21-7-6-20(23(30)11-21)13-28(35)33-18(2)9-27(36-5)29(3,4)31/h6-9,11-12,14,19H,2,10,13,15-16H2,1,3-5H3,(H,33,35)/b27-9-. The highest BCUT2D eigenvalue weighted by Gasteiger charge is 2.23. The summed E-state index contributed by atoms with van der Waals surface area (Å²) in [5.41, 5.74) is 3.65. The molecular weight excluding hydrogens is 476 g/mol. The summed E-state index contributed by atoms with van der Waals surface area (Å²) < 4.78 is 39.3. The fourth-order valence-electron chi connectivity index (χ4n) is 4.19. The number of halogens is 2. The Bertz CT molecular complexity index is 1370. The van der Waals surface area contributed by atoms with E-state index in [9.17, 15) is 13.6 Å². The average molecular weight is 508 g/mol. The molecule has 1 fully saturated rings. The molecule has 0 unspecified atom stereocenters. The fraction of sp³-hybridized carbons (Fsp3) is 0.345. The van der Waals surface area contributed by atoms with Gasteiger partial charge in [-0.15, -0.1) is 0 Å². The SMILES string of the molecule is C=C(/C=C(\OC)C(C)(C)F)NC(=O)Cc1ccc(-c2cnc3cc(CC4COC4)c(C)cc3n2)cc1F. The highest BCUT2D eigenvalue weighted by atomic mass is 19.1. The van der Waals surface area contributed by atoms with Crippen LogP contribution in [-0.4, -0.2) is 41.9 Å². The minimum Gasteiger partial charge on any atom is -0.498 e. The lowest BCUT2D eigenvalue weighted by atomic mass is 9.94. The van der Waals surface area contributed by atoms with Gasteiger partial charge < -0.3 is 14.8 Å². The molecule has 0 bridgehead atoms. The van der Waals surface area contributed by atoms with E-state index in [1.54, 1.807) is 18.3 Å². The van der Waals surface area contributed by atoms with Crippen LogP contribution in [0.15, 0.2) is 60.6 Å². The minimum atomic E-state index is -1.73. The van der Waals surface area contributed by atoms with Crippen molar-refractivity contribution in [3.8, 4) is 11.3 Å². The van der Waals surface area contributed by atoms with Crippen LogP contribution in [0.1, 0.15) is 30.5 Å². The average Bonchev–Trinajstić information content (AvgIpc) is 2.80. The lowest BCUT2D eigenvalue weighted by Gasteiger charge is -2.26. The molecule has 1 aromatic heterocycles. The number of methoxy groups -OCH3 is 1. The van der Waals surface area contributed by atoms with Gasteiger partial charge in [-0.05, 0) is 62.1 Å². The van der Waals surface area contributed by atoms with Crippen LogP contribution in [0.4, 0.5) is 8.78 Å². The predicted molar refractivity (Wildman–Crippen MR) is 139 cm³/mol. The topological polar surface area (TPSA) is 73.3 Å². The van der Waals surface area contributed by atoms with Crippen LogP contribution in [0.5, 0.6) is 0 Å². The lowest BCUT2D eigenvalue weighted by Crippen LogP contribution is -2.29. The molecule has 0 atom stereocenters. The molecule has 1 amide bonds. The van der Waals surface area contributed by atoms with E-state index in [0.29, 0.717) is 17.2 Å².